The number of β-lactam (4-membered cyclic amide) rings is 1. The Kier molecular flexibility index (Phi) is 9.00. The molecule has 2 aromatic heterocycles. The molecule has 0 radical (unpaired) electrons. The van der Waals surface area contributed by atoms with Gasteiger partial charge < -0.3 is 31.0 Å². The highest BCUT2D eigenvalue weighted by molar-refractivity contribution is 7.80. The SMILES string of the molecule is C[n+]1ccc2cc(OC[C@H](O/N=C(\C(=O)NC3C(=O)N(OS(=O)(=O)O)C3(C)C)c3csc(N)n3)C(=O)O)ccc2c1NC1CNC1. The van der Waals surface area contributed by atoms with Crippen LogP contribution in [0.1, 0.15) is 19.5 Å². The van der Waals surface area contributed by atoms with Crippen LogP contribution in [0.3, 0.4) is 0 Å². The van der Waals surface area contributed by atoms with Crippen LogP contribution in [-0.2, 0) is 41.0 Å². The molecule has 2 atom stereocenters. The zero-order valence-electron chi connectivity index (χ0n) is 24.7. The maximum atomic E-state index is 13.2. The first kappa shape index (κ1) is 32.8. The number of nitrogens with one attached hydrogen (secondary N) is 3. The van der Waals surface area contributed by atoms with Gasteiger partial charge in [-0.15, -0.1) is 15.6 Å². The average molecular weight is 680 g/mol. The Hall–Kier alpha value is -4.63. The van der Waals surface area contributed by atoms with Gasteiger partial charge in [-0.25, -0.2) is 14.3 Å². The maximum absolute atomic E-state index is 13.2. The summed E-state index contributed by atoms with van der Waals surface area (Å²) in [5.74, 6) is -2.15. The van der Waals surface area contributed by atoms with Crippen molar-refractivity contribution in [2.24, 2.45) is 12.2 Å². The number of carbonyl (C=O) groups excluding carboxylic acids is 2. The number of rotatable bonds is 13. The zero-order valence-corrected chi connectivity index (χ0v) is 26.3. The van der Waals surface area contributed by atoms with Gasteiger partial charge in [-0.3, -0.25) is 19.5 Å². The number of nitrogens with zero attached hydrogens (tertiary/aromatic N) is 4. The highest BCUT2D eigenvalue weighted by Gasteiger charge is 2.58. The minimum absolute atomic E-state index is 0.0639. The van der Waals surface area contributed by atoms with Crippen molar-refractivity contribution >= 4 is 67.0 Å². The fourth-order valence-corrected chi connectivity index (χ4v) is 5.66. The highest BCUT2D eigenvalue weighted by atomic mass is 32.3. The van der Waals surface area contributed by atoms with Gasteiger partial charge in [0.1, 0.15) is 30.1 Å². The first-order valence-electron chi connectivity index (χ1n) is 13.7. The third-order valence-electron chi connectivity index (χ3n) is 7.28. The van der Waals surface area contributed by atoms with Crippen molar-refractivity contribution < 1.29 is 50.9 Å². The first-order valence-corrected chi connectivity index (χ1v) is 15.9. The molecular formula is C26H31N8O10S2+. The average Bonchev–Trinajstić information content (AvgIpc) is 3.39. The maximum Gasteiger partial charge on any atom is 0.418 e. The van der Waals surface area contributed by atoms with Gasteiger partial charge in [0.25, 0.3) is 23.7 Å². The van der Waals surface area contributed by atoms with Crippen molar-refractivity contribution in [2.75, 3.05) is 30.7 Å². The summed E-state index contributed by atoms with van der Waals surface area (Å²) in [6.07, 6.45) is 0.222. The minimum atomic E-state index is -5.01. The Morgan fingerprint density at radius 1 is 1.33 bits per heavy atom. The molecule has 3 aromatic rings. The van der Waals surface area contributed by atoms with E-state index in [0.717, 1.165) is 41.0 Å². The molecule has 2 aliphatic rings. The van der Waals surface area contributed by atoms with Crippen LogP contribution in [0.25, 0.3) is 10.8 Å². The summed E-state index contributed by atoms with van der Waals surface area (Å²) < 4.78 is 43.1. The molecule has 2 aliphatic heterocycles. The van der Waals surface area contributed by atoms with Crippen molar-refractivity contribution in [3.05, 3.63) is 41.5 Å². The van der Waals surface area contributed by atoms with Gasteiger partial charge in [0, 0.05) is 18.5 Å². The molecule has 20 heteroatoms. The molecule has 246 valence electrons. The van der Waals surface area contributed by atoms with Gasteiger partial charge in [-0.1, -0.05) is 5.16 Å². The van der Waals surface area contributed by atoms with Crippen molar-refractivity contribution in [3.8, 4) is 5.75 Å². The summed E-state index contributed by atoms with van der Waals surface area (Å²) >= 11 is 0.965. The molecule has 0 aliphatic carbocycles. The van der Waals surface area contributed by atoms with Gasteiger partial charge in [-0.2, -0.15) is 13.5 Å². The van der Waals surface area contributed by atoms with Crippen LogP contribution in [0.15, 0.2) is 41.0 Å². The van der Waals surface area contributed by atoms with Crippen LogP contribution < -0.4 is 31.0 Å². The van der Waals surface area contributed by atoms with Gasteiger partial charge in [0.05, 0.1) is 24.2 Å². The smallest absolute Gasteiger partial charge is 0.418 e. The molecule has 2 fully saturated rings. The Morgan fingerprint density at radius 2 is 2.07 bits per heavy atom. The normalized spacial score (nSPS) is 18.8. The number of benzene rings is 1. The molecule has 0 spiro atoms. The predicted octanol–water partition coefficient (Wildman–Crippen LogP) is -0.820. The number of thiazole rings is 1. The van der Waals surface area contributed by atoms with E-state index in [1.54, 1.807) is 12.1 Å². The van der Waals surface area contributed by atoms with E-state index in [4.69, 9.17) is 19.9 Å². The molecule has 18 nitrogen and oxygen atoms in total. The lowest BCUT2D eigenvalue weighted by atomic mass is 9.84. The van der Waals surface area contributed by atoms with Gasteiger partial charge in [-0.05, 0) is 43.5 Å². The number of anilines is 2. The number of hydroxylamine groups is 2. The number of aromatic nitrogens is 2. The second-order valence-electron chi connectivity index (χ2n) is 11.0. The van der Waals surface area contributed by atoms with Crippen LogP contribution in [0.2, 0.25) is 0 Å². The number of nitrogens with two attached hydrogens (primary N) is 1. The van der Waals surface area contributed by atoms with E-state index in [1.807, 2.05) is 29.9 Å². The summed E-state index contributed by atoms with van der Waals surface area (Å²) in [5.41, 5.74) is 3.69. The number of oxime groups is 1. The molecule has 46 heavy (non-hydrogen) atoms. The highest BCUT2D eigenvalue weighted by Crippen LogP contribution is 2.33. The van der Waals surface area contributed by atoms with Crippen LogP contribution >= 0.6 is 11.3 Å². The van der Waals surface area contributed by atoms with Crippen molar-refractivity contribution in [1.82, 2.24) is 20.7 Å². The Morgan fingerprint density at radius 3 is 2.65 bits per heavy atom. The molecule has 2 amide bonds. The second kappa shape index (κ2) is 12.6. The Labute approximate surface area is 266 Å². The third kappa shape index (κ3) is 6.94. The molecule has 5 rings (SSSR count). The quantitative estimate of drug-likeness (QED) is 0.0425. The van der Waals surface area contributed by atoms with E-state index >= 15 is 0 Å². The number of carboxylic acids is 1. The lowest BCUT2D eigenvalue weighted by Gasteiger charge is -2.50. The van der Waals surface area contributed by atoms with Crippen LogP contribution in [0.4, 0.5) is 10.9 Å². The van der Waals surface area contributed by atoms with Crippen LogP contribution in [-0.4, -0.2) is 95.0 Å². The number of nitrogen functional groups attached to an aromatic ring is 1. The van der Waals surface area contributed by atoms with E-state index in [0.29, 0.717) is 16.9 Å². The number of ether oxygens (including phenoxy) is 1. The molecule has 4 heterocycles. The standard InChI is InChI=1S/C26H30N8O10S2/c1-26(2)20(23(36)34(26)44-46(39,40)41)31-22(35)19(17-12-45-25(27)30-17)32-43-18(24(37)38)11-42-15-4-5-16-13(8-15)6-7-33(3)21(16)29-14-9-28-10-14/h4-8,12,14,18,20,28H,9-11H2,1-3H3,(H5,27,30,31,35,37,38,39,40,41)/p+1/b32-19-/t18-,20?/m0/s1. The molecular weight excluding hydrogens is 648 g/mol. The summed E-state index contributed by atoms with van der Waals surface area (Å²) in [5, 5.41) is 26.2. The number of aryl methyl sites for hydroxylation is 1. The van der Waals surface area contributed by atoms with Crippen molar-refractivity contribution in [1.29, 1.82) is 0 Å². The minimum Gasteiger partial charge on any atom is -0.489 e. The summed E-state index contributed by atoms with van der Waals surface area (Å²) in [6.45, 7) is 3.96. The van der Waals surface area contributed by atoms with E-state index in [1.165, 1.54) is 19.2 Å². The van der Waals surface area contributed by atoms with Crippen molar-refractivity contribution in [2.45, 2.75) is 37.6 Å². The topological polar surface area (TPSA) is 248 Å². The van der Waals surface area contributed by atoms with Gasteiger partial charge in [0.2, 0.25) is 0 Å². The second-order valence-corrected chi connectivity index (χ2v) is 12.9. The van der Waals surface area contributed by atoms with Crippen molar-refractivity contribution in [3.63, 3.8) is 0 Å². The molecule has 1 aromatic carbocycles. The molecule has 2 saturated heterocycles. The van der Waals surface area contributed by atoms with Gasteiger partial charge >= 0.3 is 16.4 Å². The third-order valence-corrected chi connectivity index (χ3v) is 8.29. The number of carboxylic acid groups (broad SMARTS) is 1. The molecule has 1 unspecified atom stereocenters. The van der Waals surface area contributed by atoms with Gasteiger partial charge in [0.15, 0.2) is 10.8 Å². The van der Waals surface area contributed by atoms with E-state index in [-0.39, 0.29) is 10.8 Å². The number of hydrogen-bond donors (Lipinski definition) is 6. The monoisotopic (exact) mass is 679 g/mol. The molecule has 0 bridgehead atoms. The molecule has 7 N–H and O–H groups in total. The lowest BCUT2D eigenvalue weighted by Crippen LogP contribution is -2.76. The summed E-state index contributed by atoms with van der Waals surface area (Å²) in [4.78, 5) is 47.0. The zero-order chi connectivity index (χ0) is 33.4. The number of aliphatic carboxylic acids is 1. The predicted molar refractivity (Wildman–Crippen MR) is 162 cm³/mol. The van der Waals surface area contributed by atoms with Crippen LogP contribution in [0, 0.1) is 0 Å². The number of pyridine rings is 1. The fourth-order valence-electron chi connectivity index (χ4n) is 4.66. The number of hydrogen-bond acceptors (Lipinski definition) is 14. The van der Waals surface area contributed by atoms with Crippen LogP contribution in [0.5, 0.6) is 5.75 Å². The molecule has 0 saturated carbocycles. The largest absolute Gasteiger partial charge is 0.489 e. The van der Waals surface area contributed by atoms with E-state index < -0.39 is 58.2 Å². The Balaban J connectivity index is 1.30. The first-order chi connectivity index (χ1) is 21.6. The number of carbonyl (C=O) groups is 3. The Bertz CT molecular complexity index is 1830. The number of amides is 2. The lowest BCUT2D eigenvalue weighted by molar-refractivity contribution is -0.656. The van der Waals surface area contributed by atoms with E-state index in [9.17, 15) is 27.9 Å². The van der Waals surface area contributed by atoms with E-state index in [2.05, 4.69) is 30.4 Å². The fraction of sp³-hybridized carbons (Fsp3) is 0.385. The number of fused-ring (bicyclic) bond motifs is 1. The summed E-state index contributed by atoms with van der Waals surface area (Å²) in [7, 11) is -3.08. The summed E-state index contributed by atoms with van der Waals surface area (Å²) in [6, 6.07) is 6.19.